The van der Waals surface area contributed by atoms with Crippen LogP contribution in [0.15, 0.2) is 18.2 Å². The van der Waals surface area contributed by atoms with Crippen molar-refractivity contribution < 1.29 is 23.9 Å². The first-order valence-electron chi connectivity index (χ1n) is 6.53. The van der Waals surface area contributed by atoms with Crippen LogP contribution in [0.1, 0.15) is 35.7 Å². The van der Waals surface area contributed by atoms with Gasteiger partial charge in [-0.15, -0.1) is 0 Å². The first kappa shape index (κ1) is 17.2. The fourth-order valence-electron chi connectivity index (χ4n) is 1.62. The molecule has 1 rings (SSSR count). The van der Waals surface area contributed by atoms with Gasteiger partial charge in [0, 0.05) is 18.9 Å². The highest BCUT2D eigenvalue weighted by Crippen LogP contribution is 2.18. The van der Waals surface area contributed by atoms with Gasteiger partial charge in [0.2, 0.25) is 5.91 Å². The molecule has 0 atom stereocenters. The minimum Gasteiger partial charge on any atom is -0.469 e. The second kappa shape index (κ2) is 8.47. The van der Waals surface area contributed by atoms with Gasteiger partial charge in [0.25, 0.3) is 0 Å². The number of benzene rings is 1. The number of rotatable bonds is 4. The highest BCUT2D eigenvalue weighted by atomic mass is 16.5. The summed E-state index contributed by atoms with van der Waals surface area (Å²) in [6.07, 6.45) is 0.532. The minimum atomic E-state index is -0.503. The van der Waals surface area contributed by atoms with Gasteiger partial charge in [-0.25, -0.2) is 4.79 Å². The summed E-state index contributed by atoms with van der Waals surface area (Å²) in [5, 5.41) is 2.61. The van der Waals surface area contributed by atoms with Crippen LogP contribution < -0.4 is 5.32 Å². The van der Waals surface area contributed by atoms with E-state index in [1.807, 2.05) is 0 Å². The topological polar surface area (TPSA) is 81.7 Å². The highest BCUT2D eigenvalue weighted by molar-refractivity contribution is 5.95. The van der Waals surface area contributed by atoms with Gasteiger partial charge >= 0.3 is 11.9 Å². The van der Waals surface area contributed by atoms with Crippen molar-refractivity contribution in [2.45, 2.75) is 19.8 Å². The zero-order chi connectivity index (χ0) is 16.5. The fraction of sp³-hybridized carbons (Fsp3) is 0.312. The third-order valence-electron chi connectivity index (χ3n) is 2.66. The molecule has 0 fully saturated rings. The van der Waals surface area contributed by atoms with Crippen molar-refractivity contribution in [1.29, 1.82) is 0 Å². The van der Waals surface area contributed by atoms with E-state index < -0.39 is 5.97 Å². The Morgan fingerprint density at radius 2 is 1.91 bits per heavy atom. The lowest BCUT2D eigenvalue weighted by Gasteiger charge is -2.07. The van der Waals surface area contributed by atoms with E-state index in [4.69, 9.17) is 0 Å². The van der Waals surface area contributed by atoms with Crippen molar-refractivity contribution in [3.8, 4) is 11.8 Å². The minimum absolute atomic E-state index is 0.194. The second-order valence-electron chi connectivity index (χ2n) is 4.31. The molecule has 0 bridgehead atoms. The van der Waals surface area contributed by atoms with Crippen LogP contribution in [0.3, 0.4) is 0 Å². The lowest BCUT2D eigenvalue weighted by molar-refractivity contribution is -0.140. The van der Waals surface area contributed by atoms with Gasteiger partial charge in [-0.05, 0) is 18.2 Å². The van der Waals surface area contributed by atoms with Crippen LogP contribution in [0.4, 0.5) is 5.69 Å². The van der Waals surface area contributed by atoms with Crippen LogP contribution in [0.2, 0.25) is 0 Å². The third kappa shape index (κ3) is 5.29. The molecule has 0 aromatic heterocycles. The van der Waals surface area contributed by atoms with Crippen molar-refractivity contribution in [3.05, 3.63) is 29.3 Å². The number of anilines is 1. The zero-order valence-corrected chi connectivity index (χ0v) is 12.7. The van der Waals surface area contributed by atoms with Crippen LogP contribution in [0.25, 0.3) is 0 Å². The number of hydrogen-bond donors (Lipinski definition) is 1. The summed E-state index contributed by atoms with van der Waals surface area (Å²) < 4.78 is 9.15. The first-order valence-corrected chi connectivity index (χ1v) is 6.53. The summed E-state index contributed by atoms with van der Waals surface area (Å²) in [6.45, 7) is 1.36. The molecule has 0 saturated carbocycles. The Labute approximate surface area is 128 Å². The third-order valence-corrected chi connectivity index (χ3v) is 2.66. The lowest BCUT2D eigenvalue weighted by Crippen LogP contribution is -2.09. The van der Waals surface area contributed by atoms with Crippen LogP contribution >= 0.6 is 0 Å². The monoisotopic (exact) mass is 303 g/mol. The number of carbonyl (C=O) groups is 3. The first-order chi connectivity index (χ1) is 10.5. The van der Waals surface area contributed by atoms with E-state index in [2.05, 4.69) is 26.6 Å². The summed E-state index contributed by atoms with van der Waals surface area (Å²) in [5.41, 5.74) is 1.28. The van der Waals surface area contributed by atoms with Crippen LogP contribution in [-0.4, -0.2) is 32.1 Å². The van der Waals surface area contributed by atoms with E-state index in [1.54, 1.807) is 12.1 Å². The standard InChI is InChI=1S/C16H17NO5/c1-11(18)17-14-10-13(16(20)22-3)9-8-12(14)6-4-5-7-15(19)21-2/h8-10H,5,7H2,1-3H3,(H,17,18). The Balaban J connectivity index is 2.97. The predicted octanol–water partition coefficient (Wildman–Crippen LogP) is 1.74. The summed E-state index contributed by atoms with van der Waals surface area (Å²) in [5.74, 6) is 4.57. The van der Waals surface area contributed by atoms with Gasteiger partial charge in [-0.3, -0.25) is 9.59 Å². The maximum absolute atomic E-state index is 11.5. The number of carbonyl (C=O) groups excluding carboxylic acids is 3. The average Bonchev–Trinajstić information content (AvgIpc) is 2.50. The number of hydrogen-bond acceptors (Lipinski definition) is 5. The van der Waals surface area contributed by atoms with Crippen molar-refractivity contribution in [2.24, 2.45) is 0 Å². The number of nitrogens with one attached hydrogen (secondary N) is 1. The van der Waals surface area contributed by atoms with E-state index in [1.165, 1.54) is 27.2 Å². The highest BCUT2D eigenvalue weighted by Gasteiger charge is 2.09. The van der Waals surface area contributed by atoms with Gasteiger partial charge in [0.1, 0.15) is 0 Å². The normalized spacial score (nSPS) is 9.23. The van der Waals surface area contributed by atoms with Gasteiger partial charge < -0.3 is 14.8 Å². The Morgan fingerprint density at radius 3 is 2.50 bits per heavy atom. The fourth-order valence-corrected chi connectivity index (χ4v) is 1.62. The molecule has 0 saturated heterocycles. The van der Waals surface area contributed by atoms with E-state index >= 15 is 0 Å². The van der Waals surface area contributed by atoms with Crippen LogP contribution in [-0.2, 0) is 19.1 Å². The molecule has 1 N–H and O–H groups in total. The summed E-state index contributed by atoms with van der Waals surface area (Å²) >= 11 is 0. The molecule has 6 nitrogen and oxygen atoms in total. The molecular formula is C16H17NO5. The Bertz CT molecular complexity index is 640. The molecule has 0 radical (unpaired) electrons. The molecule has 1 amide bonds. The summed E-state index contributed by atoms with van der Waals surface area (Å²) in [6, 6.07) is 4.67. The predicted molar refractivity (Wildman–Crippen MR) is 80.2 cm³/mol. The smallest absolute Gasteiger partial charge is 0.337 e. The SMILES string of the molecule is COC(=O)CCC#Cc1ccc(C(=O)OC)cc1NC(C)=O. The van der Waals surface area contributed by atoms with Crippen LogP contribution in [0.5, 0.6) is 0 Å². The Hall–Kier alpha value is -2.81. The maximum atomic E-state index is 11.5. The molecule has 1 aromatic rings. The van der Waals surface area contributed by atoms with Gasteiger partial charge in [-0.1, -0.05) is 11.8 Å². The molecule has 0 aliphatic heterocycles. The van der Waals surface area contributed by atoms with E-state index in [0.29, 0.717) is 23.2 Å². The van der Waals surface area contributed by atoms with Crippen LogP contribution in [0, 0.1) is 11.8 Å². The molecule has 0 aliphatic carbocycles. The van der Waals surface area contributed by atoms with Gasteiger partial charge in [0.15, 0.2) is 0 Å². The van der Waals surface area contributed by atoms with E-state index in [-0.39, 0.29) is 18.3 Å². The molecule has 1 aromatic carbocycles. The molecule has 0 aliphatic rings. The molecular weight excluding hydrogens is 286 g/mol. The zero-order valence-electron chi connectivity index (χ0n) is 12.7. The number of amides is 1. The molecule has 0 spiro atoms. The summed E-state index contributed by atoms with van der Waals surface area (Å²) in [4.78, 5) is 33.7. The Morgan fingerprint density at radius 1 is 1.18 bits per heavy atom. The number of methoxy groups -OCH3 is 2. The molecule has 22 heavy (non-hydrogen) atoms. The summed E-state index contributed by atoms with van der Waals surface area (Å²) in [7, 11) is 2.59. The van der Waals surface area contributed by atoms with Crippen molar-refractivity contribution in [1.82, 2.24) is 0 Å². The van der Waals surface area contributed by atoms with Gasteiger partial charge in [0.05, 0.1) is 31.9 Å². The van der Waals surface area contributed by atoms with Crippen molar-refractivity contribution in [2.75, 3.05) is 19.5 Å². The number of esters is 2. The van der Waals surface area contributed by atoms with E-state index in [0.717, 1.165) is 0 Å². The van der Waals surface area contributed by atoms with E-state index in [9.17, 15) is 14.4 Å². The lowest BCUT2D eigenvalue weighted by atomic mass is 10.1. The largest absolute Gasteiger partial charge is 0.469 e. The number of ether oxygens (including phenoxy) is 2. The quantitative estimate of drug-likeness (QED) is 0.677. The molecule has 116 valence electrons. The van der Waals surface area contributed by atoms with Gasteiger partial charge in [-0.2, -0.15) is 0 Å². The van der Waals surface area contributed by atoms with Crippen molar-refractivity contribution >= 4 is 23.5 Å². The molecule has 0 unspecified atom stereocenters. The average molecular weight is 303 g/mol. The Kier molecular flexibility index (Phi) is 6.64. The second-order valence-corrected chi connectivity index (χ2v) is 4.31. The van der Waals surface area contributed by atoms with Crippen molar-refractivity contribution in [3.63, 3.8) is 0 Å². The molecule has 6 heteroatoms. The molecule has 0 heterocycles. The maximum Gasteiger partial charge on any atom is 0.337 e.